The Morgan fingerprint density at radius 1 is 1.04 bits per heavy atom. The summed E-state index contributed by atoms with van der Waals surface area (Å²) in [5.41, 5.74) is 2.24. The SMILES string of the molecule is CC(=O)N1CCCn2nc(CN3CCCN(c4ncccn4)CC3)cc2C1. The first-order valence-corrected chi connectivity index (χ1v) is 9.74. The van der Waals surface area contributed by atoms with Gasteiger partial charge in [-0.3, -0.25) is 14.4 Å². The van der Waals surface area contributed by atoms with Crippen molar-refractivity contribution in [3.63, 3.8) is 0 Å². The Balaban J connectivity index is 1.39. The second kappa shape index (κ2) is 8.04. The Morgan fingerprint density at radius 3 is 2.67 bits per heavy atom. The van der Waals surface area contributed by atoms with Crippen molar-refractivity contribution in [2.45, 2.75) is 39.4 Å². The van der Waals surface area contributed by atoms with Crippen molar-refractivity contribution in [2.75, 3.05) is 37.6 Å². The maximum Gasteiger partial charge on any atom is 0.225 e. The van der Waals surface area contributed by atoms with Gasteiger partial charge in [-0.2, -0.15) is 5.10 Å². The second-order valence-electron chi connectivity index (χ2n) is 7.31. The molecule has 27 heavy (non-hydrogen) atoms. The van der Waals surface area contributed by atoms with Gasteiger partial charge in [0.05, 0.1) is 17.9 Å². The van der Waals surface area contributed by atoms with E-state index in [1.54, 1.807) is 19.3 Å². The van der Waals surface area contributed by atoms with Gasteiger partial charge in [-0.1, -0.05) is 0 Å². The maximum atomic E-state index is 11.7. The summed E-state index contributed by atoms with van der Waals surface area (Å²) in [6.07, 6.45) is 5.65. The van der Waals surface area contributed by atoms with Crippen LogP contribution in [-0.2, 0) is 24.4 Å². The van der Waals surface area contributed by atoms with Gasteiger partial charge in [0.1, 0.15) is 0 Å². The number of hydrogen-bond donors (Lipinski definition) is 0. The smallest absolute Gasteiger partial charge is 0.225 e. The predicted octanol–water partition coefficient (Wildman–Crippen LogP) is 1.14. The molecule has 2 aliphatic rings. The first-order chi connectivity index (χ1) is 13.2. The highest BCUT2D eigenvalue weighted by Crippen LogP contribution is 2.17. The average Bonchev–Trinajstić information content (AvgIpc) is 2.83. The van der Waals surface area contributed by atoms with E-state index in [0.29, 0.717) is 6.54 Å². The molecule has 0 aromatic carbocycles. The highest BCUT2D eigenvalue weighted by atomic mass is 16.2. The molecule has 0 bridgehead atoms. The third kappa shape index (κ3) is 4.27. The standard InChI is InChI=1S/C19H27N7O/c1-16(27)25-9-4-10-26-18(15-25)13-17(22-26)14-23-7-3-8-24(12-11-23)19-20-5-2-6-21-19/h2,5-6,13H,3-4,7-12,14-15H2,1H3. The van der Waals surface area contributed by atoms with Crippen LogP contribution in [0.1, 0.15) is 31.2 Å². The van der Waals surface area contributed by atoms with Crippen LogP contribution in [0.4, 0.5) is 5.95 Å². The molecule has 0 aliphatic carbocycles. The van der Waals surface area contributed by atoms with Gasteiger partial charge >= 0.3 is 0 Å². The van der Waals surface area contributed by atoms with Gasteiger partial charge < -0.3 is 9.80 Å². The number of aryl methyl sites for hydroxylation is 1. The number of carbonyl (C=O) groups is 1. The summed E-state index contributed by atoms with van der Waals surface area (Å²) < 4.78 is 2.08. The Labute approximate surface area is 159 Å². The molecule has 0 saturated carbocycles. The fraction of sp³-hybridized carbons (Fsp3) is 0.579. The Hall–Kier alpha value is -2.48. The fourth-order valence-corrected chi connectivity index (χ4v) is 3.88. The molecule has 8 heteroatoms. The molecule has 1 amide bonds. The number of aromatic nitrogens is 4. The van der Waals surface area contributed by atoms with Crippen molar-refractivity contribution >= 4 is 11.9 Å². The first kappa shape index (κ1) is 17.9. The molecule has 8 nitrogen and oxygen atoms in total. The van der Waals surface area contributed by atoms with Crippen LogP contribution in [0, 0.1) is 0 Å². The minimum atomic E-state index is 0.141. The Morgan fingerprint density at radius 2 is 1.85 bits per heavy atom. The summed E-state index contributed by atoms with van der Waals surface area (Å²) >= 11 is 0. The summed E-state index contributed by atoms with van der Waals surface area (Å²) in [5, 5.41) is 4.81. The van der Waals surface area contributed by atoms with E-state index in [0.717, 1.165) is 76.0 Å². The first-order valence-electron chi connectivity index (χ1n) is 9.74. The number of rotatable bonds is 3. The van der Waals surface area contributed by atoms with Crippen LogP contribution in [0.5, 0.6) is 0 Å². The molecular formula is C19H27N7O. The molecule has 0 unspecified atom stereocenters. The van der Waals surface area contributed by atoms with Gasteiger partial charge in [0, 0.05) is 65.1 Å². The van der Waals surface area contributed by atoms with E-state index >= 15 is 0 Å². The number of fused-ring (bicyclic) bond motifs is 1. The van der Waals surface area contributed by atoms with Crippen molar-refractivity contribution < 1.29 is 4.79 Å². The number of amides is 1. The molecule has 0 N–H and O–H groups in total. The van der Waals surface area contributed by atoms with E-state index in [-0.39, 0.29) is 5.91 Å². The van der Waals surface area contributed by atoms with E-state index in [4.69, 9.17) is 5.10 Å². The van der Waals surface area contributed by atoms with Crippen LogP contribution in [0.2, 0.25) is 0 Å². The van der Waals surface area contributed by atoms with Gasteiger partial charge in [0.2, 0.25) is 11.9 Å². The van der Waals surface area contributed by atoms with Crippen molar-refractivity contribution in [2.24, 2.45) is 0 Å². The van der Waals surface area contributed by atoms with Gasteiger partial charge in [-0.05, 0) is 25.0 Å². The van der Waals surface area contributed by atoms with Gasteiger partial charge in [0.15, 0.2) is 0 Å². The predicted molar refractivity (Wildman–Crippen MR) is 102 cm³/mol. The highest BCUT2D eigenvalue weighted by molar-refractivity contribution is 5.73. The van der Waals surface area contributed by atoms with Crippen molar-refractivity contribution in [3.05, 3.63) is 35.9 Å². The number of anilines is 1. The van der Waals surface area contributed by atoms with E-state index in [2.05, 4.69) is 30.5 Å². The maximum absolute atomic E-state index is 11.7. The fourth-order valence-electron chi connectivity index (χ4n) is 3.88. The zero-order valence-corrected chi connectivity index (χ0v) is 15.9. The molecule has 1 fully saturated rings. The molecule has 0 radical (unpaired) electrons. The number of nitrogens with zero attached hydrogens (tertiary/aromatic N) is 7. The lowest BCUT2D eigenvalue weighted by molar-refractivity contribution is -0.129. The van der Waals surface area contributed by atoms with Crippen molar-refractivity contribution in [1.82, 2.24) is 29.5 Å². The Bertz CT molecular complexity index is 776. The molecular weight excluding hydrogens is 342 g/mol. The molecule has 4 rings (SSSR count). The summed E-state index contributed by atoms with van der Waals surface area (Å²) in [6, 6.07) is 4.02. The minimum absolute atomic E-state index is 0.141. The van der Waals surface area contributed by atoms with Gasteiger partial charge in [0.25, 0.3) is 0 Å². The van der Waals surface area contributed by atoms with E-state index in [9.17, 15) is 4.79 Å². The van der Waals surface area contributed by atoms with Crippen LogP contribution in [-0.4, -0.2) is 68.2 Å². The number of hydrogen-bond acceptors (Lipinski definition) is 6. The molecule has 0 spiro atoms. The average molecular weight is 369 g/mol. The Kier molecular flexibility index (Phi) is 5.33. The quantitative estimate of drug-likeness (QED) is 0.808. The monoisotopic (exact) mass is 369 g/mol. The molecule has 144 valence electrons. The molecule has 2 aliphatic heterocycles. The van der Waals surface area contributed by atoms with Gasteiger partial charge in [-0.25, -0.2) is 9.97 Å². The second-order valence-corrected chi connectivity index (χ2v) is 7.31. The molecule has 2 aromatic rings. The lowest BCUT2D eigenvalue weighted by atomic mass is 10.3. The van der Waals surface area contributed by atoms with Gasteiger partial charge in [-0.15, -0.1) is 0 Å². The van der Waals surface area contributed by atoms with E-state index in [1.807, 2.05) is 11.0 Å². The summed E-state index contributed by atoms with van der Waals surface area (Å²) in [7, 11) is 0. The lowest BCUT2D eigenvalue weighted by Gasteiger charge is -2.21. The highest BCUT2D eigenvalue weighted by Gasteiger charge is 2.21. The van der Waals surface area contributed by atoms with E-state index in [1.165, 1.54) is 0 Å². The zero-order chi connectivity index (χ0) is 18.6. The van der Waals surface area contributed by atoms with Crippen LogP contribution in [0.3, 0.4) is 0 Å². The number of carbonyl (C=O) groups excluding carboxylic acids is 1. The lowest BCUT2D eigenvalue weighted by Crippen LogP contribution is -2.31. The third-order valence-electron chi connectivity index (χ3n) is 5.32. The van der Waals surface area contributed by atoms with Crippen molar-refractivity contribution in [3.8, 4) is 0 Å². The van der Waals surface area contributed by atoms with Crippen LogP contribution in [0.25, 0.3) is 0 Å². The molecule has 1 saturated heterocycles. The molecule has 0 atom stereocenters. The van der Waals surface area contributed by atoms with Crippen LogP contribution in [0.15, 0.2) is 24.5 Å². The summed E-state index contributed by atoms with van der Waals surface area (Å²) in [5.74, 6) is 0.958. The normalized spacial score (nSPS) is 18.7. The topological polar surface area (TPSA) is 70.4 Å². The third-order valence-corrected chi connectivity index (χ3v) is 5.32. The van der Waals surface area contributed by atoms with Crippen LogP contribution >= 0.6 is 0 Å². The minimum Gasteiger partial charge on any atom is -0.339 e. The largest absolute Gasteiger partial charge is 0.339 e. The molecule has 4 heterocycles. The summed E-state index contributed by atoms with van der Waals surface area (Å²) in [6.45, 7) is 8.79. The summed E-state index contributed by atoms with van der Waals surface area (Å²) in [4.78, 5) is 27.1. The van der Waals surface area contributed by atoms with Crippen LogP contribution < -0.4 is 4.90 Å². The van der Waals surface area contributed by atoms with E-state index < -0.39 is 0 Å². The zero-order valence-electron chi connectivity index (χ0n) is 15.9. The van der Waals surface area contributed by atoms with Crippen molar-refractivity contribution in [1.29, 1.82) is 0 Å². The molecule has 2 aromatic heterocycles.